The van der Waals surface area contributed by atoms with Crippen molar-refractivity contribution in [2.24, 2.45) is 11.7 Å². The monoisotopic (exact) mass is 215 g/mol. The molecular weight excluding hydrogens is 194 g/mol. The molecule has 1 aliphatic rings. The Morgan fingerprint density at radius 2 is 2.13 bits per heavy atom. The molecule has 1 saturated carbocycles. The van der Waals surface area contributed by atoms with Crippen molar-refractivity contribution in [3.05, 3.63) is 0 Å². The van der Waals surface area contributed by atoms with Crippen molar-refractivity contribution in [3.63, 3.8) is 0 Å². The molecule has 0 radical (unpaired) electrons. The predicted octanol–water partition coefficient (Wildman–Crippen LogP) is 1.08. The molecule has 0 saturated heterocycles. The van der Waals surface area contributed by atoms with Crippen LogP contribution >= 0.6 is 0 Å². The third kappa shape index (κ3) is 4.62. The van der Waals surface area contributed by atoms with E-state index >= 15 is 0 Å². The summed E-state index contributed by atoms with van der Waals surface area (Å²) in [5, 5.41) is 0. The minimum Gasteiger partial charge on any atom is -0.463 e. The second kappa shape index (κ2) is 6.08. The van der Waals surface area contributed by atoms with Gasteiger partial charge in [0.1, 0.15) is 6.61 Å². The van der Waals surface area contributed by atoms with Crippen molar-refractivity contribution < 1.29 is 14.3 Å². The zero-order valence-electron chi connectivity index (χ0n) is 9.57. The highest BCUT2D eigenvalue weighted by Gasteiger charge is 2.28. The van der Waals surface area contributed by atoms with Gasteiger partial charge in [-0.2, -0.15) is 0 Å². The number of nitrogens with two attached hydrogens (primary N) is 1. The summed E-state index contributed by atoms with van der Waals surface area (Å²) in [6, 6.07) is 0.175. The zero-order valence-corrected chi connectivity index (χ0v) is 9.57. The molecule has 0 unspecified atom stereocenters. The van der Waals surface area contributed by atoms with Gasteiger partial charge in [0, 0.05) is 6.04 Å². The van der Waals surface area contributed by atoms with Crippen LogP contribution in [-0.2, 0) is 14.3 Å². The van der Waals surface area contributed by atoms with Gasteiger partial charge in [-0.25, -0.2) is 0 Å². The summed E-state index contributed by atoms with van der Waals surface area (Å²) in [6.45, 7) is 4.74. The Morgan fingerprint density at radius 1 is 1.40 bits per heavy atom. The fourth-order valence-electron chi connectivity index (χ4n) is 1.77. The van der Waals surface area contributed by atoms with E-state index in [1.54, 1.807) is 0 Å². The van der Waals surface area contributed by atoms with Gasteiger partial charge in [0.2, 0.25) is 0 Å². The van der Waals surface area contributed by atoms with Gasteiger partial charge in [0.15, 0.2) is 0 Å². The lowest BCUT2D eigenvalue weighted by Gasteiger charge is -2.11. The minimum absolute atomic E-state index is 0.0130. The summed E-state index contributed by atoms with van der Waals surface area (Å²) in [4.78, 5) is 11.5. The smallest absolute Gasteiger partial charge is 0.309 e. The van der Waals surface area contributed by atoms with E-state index in [9.17, 15) is 4.79 Å². The maximum atomic E-state index is 11.5. The second-order valence-corrected chi connectivity index (χ2v) is 4.36. The third-order valence-corrected chi connectivity index (χ3v) is 2.59. The van der Waals surface area contributed by atoms with Gasteiger partial charge in [-0.3, -0.25) is 4.79 Å². The Hall–Kier alpha value is -0.610. The van der Waals surface area contributed by atoms with Crippen molar-refractivity contribution in [2.45, 2.75) is 45.3 Å². The molecule has 0 aromatic heterocycles. The molecule has 0 aliphatic heterocycles. The molecule has 1 rings (SSSR count). The quantitative estimate of drug-likeness (QED) is 0.550. The first-order valence-corrected chi connectivity index (χ1v) is 5.63. The number of rotatable bonds is 5. The lowest BCUT2D eigenvalue weighted by molar-refractivity contribution is -0.150. The van der Waals surface area contributed by atoms with Gasteiger partial charge < -0.3 is 15.2 Å². The summed E-state index contributed by atoms with van der Waals surface area (Å²) in [5.74, 6) is -0.102. The first kappa shape index (κ1) is 12.5. The Bertz CT molecular complexity index is 206. The first-order chi connectivity index (χ1) is 7.09. The van der Waals surface area contributed by atoms with Crippen molar-refractivity contribution >= 4 is 5.97 Å². The number of ether oxygens (including phenoxy) is 2. The number of carbonyl (C=O) groups is 1. The summed E-state index contributed by atoms with van der Waals surface area (Å²) in [7, 11) is 0. The van der Waals surface area contributed by atoms with Gasteiger partial charge in [0.05, 0.1) is 18.6 Å². The van der Waals surface area contributed by atoms with Crippen LogP contribution in [0.5, 0.6) is 0 Å². The number of carbonyl (C=O) groups excluding carboxylic acids is 1. The molecule has 2 N–H and O–H groups in total. The summed E-state index contributed by atoms with van der Waals surface area (Å²) in [6.07, 6.45) is 2.75. The largest absolute Gasteiger partial charge is 0.463 e. The first-order valence-electron chi connectivity index (χ1n) is 5.63. The molecule has 4 heteroatoms. The highest BCUT2D eigenvalue weighted by Crippen LogP contribution is 2.24. The molecule has 0 aromatic rings. The van der Waals surface area contributed by atoms with E-state index in [0.29, 0.717) is 13.2 Å². The van der Waals surface area contributed by atoms with Gasteiger partial charge in [-0.15, -0.1) is 0 Å². The highest BCUT2D eigenvalue weighted by atomic mass is 16.6. The molecule has 0 heterocycles. The summed E-state index contributed by atoms with van der Waals surface area (Å²) in [5.41, 5.74) is 5.73. The highest BCUT2D eigenvalue weighted by molar-refractivity contribution is 5.72. The average Bonchev–Trinajstić information content (AvgIpc) is 2.59. The number of hydrogen-bond acceptors (Lipinski definition) is 4. The van der Waals surface area contributed by atoms with Crippen LogP contribution in [0, 0.1) is 5.92 Å². The topological polar surface area (TPSA) is 61.5 Å². The van der Waals surface area contributed by atoms with E-state index in [1.165, 1.54) is 0 Å². The van der Waals surface area contributed by atoms with Crippen molar-refractivity contribution in [1.82, 2.24) is 0 Å². The van der Waals surface area contributed by atoms with E-state index in [1.807, 2.05) is 13.8 Å². The van der Waals surface area contributed by atoms with E-state index in [0.717, 1.165) is 19.3 Å². The molecule has 2 atom stereocenters. The molecule has 4 nitrogen and oxygen atoms in total. The van der Waals surface area contributed by atoms with E-state index < -0.39 is 0 Å². The van der Waals surface area contributed by atoms with Crippen LogP contribution < -0.4 is 5.73 Å². The second-order valence-electron chi connectivity index (χ2n) is 4.36. The Labute approximate surface area is 91.1 Å². The number of hydrogen-bond donors (Lipinski definition) is 1. The van der Waals surface area contributed by atoms with Crippen molar-refractivity contribution in [1.29, 1.82) is 0 Å². The summed E-state index contributed by atoms with van der Waals surface area (Å²) >= 11 is 0. The zero-order chi connectivity index (χ0) is 11.3. The fourth-order valence-corrected chi connectivity index (χ4v) is 1.77. The summed E-state index contributed by atoms with van der Waals surface area (Å²) < 4.78 is 10.4. The van der Waals surface area contributed by atoms with Crippen LogP contribution in [0.25, 0.3) is 0 Å². The van der Waals surface area contributed by atoms with Gasteiger partial charge in [0.25, 0.3) is 0 Å². The van der Waals surface area contributed by atoms with E-state index in [-0.39, 0.29) is 24.0 Å². The standard InChI is InChI=1S/C11H21NO3/c1-8(2)14-5-6-15-11(13)9-3-4-10(12)7-9/h8-10H,3-7,12H2,1-2H3/t9-,10+/m1/s1. The number of esters is 1. The molecule has 88 valence electrons. The predicted molar refractivity (Wildman–Crippen MR) is 57.4 cm³/mol. The maximum absolute atomic E-state index is 11.5. The molecule has 0 aromatic carbocycles. The molecule has 1 aliphatic carbocycles. The van der Waals surface area contributed by atoms with Crippen molar-refractivity contribution in [2.75, 3.05) is 13.2 Å². The normalized spacial score (nSPS) is 25.9. The Kier molecular flexibility index (Phi) is 5.05. The van der Waals surface area contributed by atoms with E-state index in [4.69, 9.17) is 15.2 Å². The van der Waals surface area contributed by atoms with Crippen LogP contribution in [0.15, 0.2) is 0 Å². The average molecular weight is 215 g/mol. The molecule has 0 bridgehead atoms. The Balaban J connectivity index is 2.08. The van der Waals surface area contributed by atoms with E-state index in [2.05, 4.69) is 0 Å². The van der Waals surface area contributed by atoms with Crippen LogP contribution in [0.2, 0.25) is 0 Å². The molecule has 15 heavy (non-hydrogen) atoms. The lowest BCUT2D eigenvalue weighted by atomic mass is 10.1. The third-order valence-electron chi connectivity index (χ3n) is 2.59. The van der Waals surface area contributed by atoms with Crippen LogP contribution in [0.1, 0.15) is 33.1 Å². The van der Waals surface area contributed by atoms with Crippen LogP contribution in [0.3, 0.4) is 0 Å². The SMILES string of the molecule is CC(C)OCCOC(=O)[C@@H]1CC[C@H](N)C1. The molecule has 1 fully saturated rings. The molecular formula is C11H21NO3. The van der Waals surface area contributed by atoms with Crippen LogP contribution in [0.4, 0.5) is 0 Å². The molecule has 0 amide bonds. The van der Waals surface area contributed by atoms with Gasteiger partial charge >= 0.3 is 5.97 Å². The lowest BCUT2D eigenvalue weighted by Crippen LogP contribution is -2.21. The molecule has 0 spiro atoms. The van der Waals surface area contributed by atoms with Crippen molar-refractivity contribution in [3.8, 4) is 0 Å². The maximum Gasteiger partial charge on any atom is 0.309 e. The Morgan fingerprint density at radius 3 is 2.67 bits per heavy atom. The fraction of sp³-hybridized carbons (Fsp3) is 0.909. The van der Waals surface area contributed by atoms with Crippen LogP contribution in [-0.4, -0.2) is 31.3 Å². The van der Waals surface area contributed by atoms with Gasteiger partial charge in [-0.1, -0.05) is 0 Å². The van der Waals surface area contributed by atoms with Gasteiger partial charge in [-0.05, 0) is 33.1 Å². The minimum atomic E-state index is -0.115.